The molecule has 3 aromatic rings. The Morgan fingerprint density at radius 2 is 2.12 bits per heavy atom. The molecule has 0 saturated heterocycles. The van der Waals surface area contributed by atoms with Crippen LogP contribution in [0.1, 0.15) is 16.1 Å². The maximum Gasteiger partial charge on any atom is 0.232 e. The van der Waals surface area contributed by atoms with Gasteiger partial charge in [0.1, 0.15) is 5.01 Å². The number of hydrogen-bond acceptors (Lipinski definition) is 5. The summed E-state index contributed by atoms with van der Waals surface area (Å²) in [5, 5.41) is 9.99. The van der Waals surface area contributed by atoms with Gasteiger partial charge in [-0.1, -0.05) is 24.3 Å². The quantitative estimate of drug-likeness (QED) is 0.659. The van der Waals surface area contributed by atoms with Crippen molar-refractivity contribution >= 4 is 39.2 Å². The van der Waals surface area contributed by atoms with E-state index in [4.69, 9.17) is 5.26 Å². The van der Waals surface area contributed by atoms with Crippen LogP contribution in [0.2, 0.25) is 0 Å². The zero-order chi connectivity index (χ0) is 17.6. The number of aromatic nitrogens is 1. The van der Waals surface area contributed by atoms with E-state index in [0.29, 0.717) is 17.9 Å². The maximum atomic E-state index is 12.3. The van der Waals surface area contributed by atoms with Crippen molar-refractivity contribution in [1.82, 2.24) is 9.88 Å². The third kappa shape index (κ3) is 4.59. The molecule has 0 N–H and O–H groups in total. The molecule has 0 fully saturated rings. The van der Waals surface area contributed by atoms with E-state index in [0.717, 1.165) is 21.8 Å². The van der Waals surface area contributed by atoms with Gasteiger partial charge in [0.15, 0.2) is 0 Å². The predicted molar refractivity (Wildman–Crippen MR) is 103 cm³/mol. The molecular weight excluding hydrogens is 350 g/mol. The molecule has 0 radical (unpaired) electrons. The Morgan fingerprint density at radius 1 is 1.28 bits per heavy atom. The smallest absolute Gasteiger partial charge is 0.232 e. The van der Waals surface area contributed by atoms with Crippen LogP contribution in [0.15, 0.2) is 48.5 Å². The van der Waals surface area contributed by atoms with E-state index in [1.807, 2.05) is 36.4 Å². The predicted octanol–water partition coefficient (Wildman–Crippen LogP) is 4.06. The molecule has 0 spiro atoms. The number of nitrogens with zero attached hydrogens (tertiary/aromatic N) is 3. The van der Waals surface area contributed by atoms with Gasteiger partial charge in [-0.15, -0.1) is 23.1 Å². The molecule has 126 valence electrons. The Bertz CT molecular complexity index is 897. The van der Waals surface area contributed by atoms with E-state index in [9.17, 15) is 4.79 Å². The van der Waals surface area contributed by atoms with E-state index in [-0.39, 0.29) is 5.91 Å². The molecular formula is C19H17N3OS2. The normalized spacial score (nSPS) is 10.6. The molecule has 4 nitrogen and oxygen atoms in total. The zero-order valence-electron chi connectivity index (χ0n) is 13.8. The number of benzene rings is 2. The lowest BCUT2D eigenvalue weighted by Gasteiger charge is -2.17. The summed E-state index contributed by atoms with van der Waals surface area (Å²) in [4.78, 5) is 18.6. The molecule has 1 heterocycles. The second-order valence-corrected chi connectivity index (χ2v) is 7.73. The minimum absolute atomic E-state index is 0.0773. The third-order valence-corrected chi connectivity index (χ3v) is 5.84. The van der Waals surface area contributed by atoms with E-state index in [1.54, 1.807) is 41.1 Å². The average molecular weight is 367 g/mol. The first-order valence-corrected chi connectivity index (χ1v) is 9.78. The number of rotatable bonds is 6. The van der Waals surface area contributed by atoms with Gasteiger partial charge in [0, 0.05) is 19.3 Å². The molecule has 6 heteroatoms. The average Bonchev–Trinajstić information content (AvgIpc) is 3.04. The Kier molecular flexibility index (Phi) is 5.69. The van der Waals surface area contributed by atoms with Crippen LogP contribution >= 0.6 is 23.1 Å². The maximum absolute atomic E-state index is 12.3. The Hall–Kier alpha value is -2.36. The molecule has 0 bridgehead atoms. The lowest BCUT2D eigenvalue weighted by atomic mass is 10.1. The molecule has 0 aliphatic heterocycles. The molecule has 1 amide bonds. The number of thioether (sulfide) groups is 1. The zero-order valence-corrected chi connectivity index (χ0v) is 15.4. The van der Waals surface area contributed by atoms with Crippen molar-refractivity contribution in [2.75, 3.05) is 12.8 Å². The first-order valence-electron chi connectivity index (χ1n) is 7.81. The fourth-order valence-electron chi connectivity index (χ4n) is 2.42. The number of fused-ring (bicyclic) bond motifs is 1. The summed E-state index contributed by atoms with van der Waals surface area (Å²) in [5.74, 6) is 1.24. The van der Waals surface area contributed by atoms with Crippen LogP contribution in [0.3, 0.4) is 0 Å². The van der Waals surface area contributed by atoms with Gasteiger partial charge in [0.2, 0.25) is 5.91 Å². The second-order valence-electron chi connectivity index (χ2n) is 5.63. The molecule has 1 aromatic heterocycles. The van der Waals surface area contributed by atoms with Crippen LogP contribution in [0, 0.1) is 11.3 Å². The van der Waals surface area contributed by atoms with Crippen LogP contribution in [0.25, 0.3) is 10.2 Å². The van der Waals surface area contributed by atoms with Crippen LogP contribution < -0.4 is 0 Å². The molecule has 2 aromatic carbocycles. The summed E-state index contributed by atoms with van der Waals surface area (Å²) in [6.07, 6.45) is 0. The molecule has 3 rings (SSSR count). The summed E-state index contributed by atoms with van der Waals surface area (Å²) >= 11 is 3.26. The minimum atomic E-state index is 0.0773. The van der Waals surface area contributed by atoms with Gasteiger partial charge in [-0.2, -0.15) is 5.26 Å². The van der Waals surface area contributed by atoms with Crippen LogP contribution in [-0.4, -0.2) is 28.6 Å². The van der Waals surface area contributed by atoms with Gasteiger partial charge in [-0.05, 0) is 29.8 Å². The van der Waals surface area contributed by atoms with E-state index in [1.165, 1.54) is 4.70 Å². The van der Waals surface area contributed by atoms with Crippen molar-refractivity contribution in [3.05, 3.63) is 64.7 Å². The highest BCUT2D eigenvalue weighted by molar-refractivity contribution is 7.99. The van der Waals surface area contributed by atoms with Crippen molar-refractivity contribution in [2.45, 2.75) is 12.3 Å². The van der Waals surface area contributed by atoms with Crippen molar-refractivity contribution in [2.24, 2.45) is 0 Å². The van der Waals surface area contributed by atoms with Crippen molar-refractivity contribution in [3.8, 4) is 6.07 Å². The van der Waals surface area contributed by atoms with E-state index >= 15 is 0 Å². The van der Waals surface area contributed by atoms with Crippen LogP contribution in [0.4, 0.5) is 0 Å². The summed E-state index contributed by atoms with van der Waals surface area (Å²) in [6, 6.07) is 17.5. The second kappa shape index (κ2) is 8.15. The molecule has 0 saturated carbocycles. The number of nitriles is 1. The van der Waals surface area contributed by atoms with E-state index < -0.39 is 0 Å². The Balaban J connectivity index is 1.50. The van der Waals surface area contributed by atoms with Crippen LogP contribution in [-0.2, 0) is 17.1 Å². The SMILES string of the molecule is CN(Cc1cccc(C#N)c1)C(=O)CSCc1nc2ccccc2s1. The van der Waals surface area contributed by atoms with Gasteiger partial charge in [0.05, 0.1) is 27.6 Å². The summed E-state index contributed by atoms with van der Waals surface area (Å²) in [5.41, 5.74) is 2.60. The first-order chi connectivity index (χ1) is 12.2. The molecule has 0 unspecified atom stereocenters. The highest BCUT2D eigenvalue weighted by Crippen LogP contribution is 2.24. The summed E-state index contributed by atoms with van der Waals surface area (Å²) < 4.78 is 1.18. The van der Waals surface area contributed by atoms with Gasteiger partial charge < -0.3 is 4.90 Å². The van der Waals surface area contributed by atoms with Gasteiger partial charge in [0.25, 0.3) is 0 Å². The van der Waals surface area contributed by atoms with Crippen molar-refractivity contribution in [1.29, 1.82) is 5.26 Å². The first kappa shape index (κ1) is 17.5. The van der Waals surface area contributed by atoms with Crippen molar-refractivity contribution in [3.63, 3.8) is 0 Å². The lowest BCUT2D eigenvalue weighted by molar-refractivity contribution is -0.127. The largest absolute Gasteiger partial charge is 0.341 e. The number of amides is 1. The number of thiazole rings is 1. The minimum Gasteiger partial charge on any atom is -0.341 e. The monoisotopic (exact) mass is 367 g/mol. The topological polar surface area (TPSA) is 57.0 Å². The number of carbonyl (C=O) groups is 1. The molecule has 0 aliphatic carbocycles. The molecule has 0 aliphatic rings. The lowest BCUT2D eigenvalue weighted by Crippen LogP contribution is -2.27. The fraction of sp³-hybridized carbons (Fsp3) is 0.211. The molecule has 0 atom stereocenters. The third-order valence-electron chi connectivity index (χ3n) is 3.69. The van der Waals surface area contributed by atoms with Gasteiger partial charge in [-0.25, -0.2) is 4.98 Å². The highest BCUT2D eigenvalue weighted by Gasteiger charge is 2.11. The van der Waals surface area contributed by atoms with Gasteiger partial charge >= 0.3 is 0 Å². The number of carbonyl (C=O) groups excluding carboxylic acids is 1. The standard InChI is InChI=1S/C19H17N3OS2/c1-22(11-15-6-4-5-14(9-15)10-20)19(23)13-24-12-18-21-16-7-2-3-8-17(16)25-18/h2-9H,11-13H2,1H3. The van der Waals surface area contributed by atoms with Crippen molar-refractivity contribution < 1.29 is 4.79 Å². The molecule has 25 heavy (non-hydrogen) atoms. The summed E-state index contributed by atoms with van der Waals surface area (Å²) in [6.45, 7) is 0.510. The summed E-state index contributed by atoms with van der Waals surface area (Å²) in [7, 11) is 1.79. The van der Waals surface area contributed by atoms with Crippen LogP contribution in [0.5, 0.6) is 0 Å². The number of hydrogen-bond donors (Lipinski definition) is 0. The van der Waals surface area contributed by atoms with E-state index in [2.05, 4.69) is 17.1 Å². The Labute approximate surface area is 155 Å². The Morgan fingerprint density at radius 3 is 2.92 bits per heavy atom. The fourth-order valence-corrected chi connectivity index (χ4v) is 4.40. The highest BCUT2D eigenvalue weighted by atomic mass is 32.2. The van der Waals surface area contributed by atoms with Gasteiger partial charge in [-0.3, -0.25) is 4.79 Å². The number of para-hydroxylation sites is 1.